The van der Waals surface area contributed by atoms with Crippen molar-refractivity contribution in [3.05, 3.63) is 41.7 Å². The Bertz CT molecular complexity index is 745. The Balaban J connectivity index is 2.02. The Hall–Kier alpha value is -1.80. The Kier molecular flexibility index (Phi) is 3.50. The van der Waals surface area contributed by atoms with E-state index in [-0.39, 0.29) is 18.3 Å². The fourth-order valence-corrected chi connectivity index (χ4v) is 3.32. The van der Waals surface area contributed by atoms with Crippen LogP contribution in [-0.2, 0) is 9.84 Å². The molecule has 1 N–H and O–H groups in total. The Morgan fingerprint density at radius 3 is 2.71 bits per heavy atom. The summed E-state index contributed by atoms with van der Waals surface area (Å²) in [6.07, 6.45) is -1.15. The number of halogens is 1. The maximum atomic E-state index is 14.1. The minimum atomic E-state index is -3.78. The third-order valence-electron chi connectivity index (χ3n) is 3.47. The maximum absolute atomic E-state index is 14.1. The number of aromatic nitrogens is 3. The van der Waals surface area contributed by atoms with Crippen molar-refractivity contribution in [2.24, 2.45) is 0 Å². The first-order valence-corrected chi connectivity index (χ1v) is 8.17. The molecule has 2 heterocycles. The smallest absolute Gasteiger partial charge is 0.267 e. The van der Waals surface area contributed by atoms with Crippen molar-refractivity contribution in [3.63, 3.8) is 0 Å². The van der Waals surface area contributed by atoms with Gasteiger partial charge in [-0.25, -0.2) is 17.5 Å². The van der Waals surface area contributed by atoms with Gasteiger partial charge in [-0.2, -0.15) is 4.98 Å². The summed E-state index contributed by atoms with van der Waals surface area (Å²) in [6, 6.07) is 8.85. The molecule has 0 spiro atoms. The van der Waals surface area contributed by atoms with Gasteiger partial charge in [-0.05, 0) is 5.56 Å². The quantitative estimate of drug-likeness (QED) is 0.912. The lowest BCUT2D eigenvalue weighted by atomic mass is 10.0. The number of rotatable bonds is 4. The number of aliphatic hydroxyl groups excluding tert-OH is 1. The Labute approximate surface area is 121 Å². The molecule has 0 radical (unpaired) electrons. The van der Waals surface area contributed by atoms with Crippen LogP contribution in [-0.4, -0.2) is 40.6 Å². The van der Waals surface area contributed by atoms with E-state index in [1.807, 2.05) is 30.3 Å². The van der Waals surface area contributed by atoms with Crippen LogP contribution in [0.1, 0.15) is 30.0 Å². The van der Waals surface area contributed by atoms with Crippen molar-refractivity contribution in [2.75, 3.05) is 12.4 Å². The average molecular weight is 311 g/mol. The molecule has 1 aliphatic heterocycles. The molecule has 1 aliphatic rings. The normalized spacial score (nSPS) is 21.4. The lowest BCUT2D eigenvalue weighted by molar-refractivity contribution is 0.319. The second kappa shape index (κ2) is 5.19. The molecule has 0 amide bonds. The zero-order valence-electron chi connectivity index (χ0n) is 11.1. The van der Waals surface area contributed by atoms with E-state index in [0.29, 0.717) is 0 Å². The number of sulfone groups is 1. The van der Waals surface area contributed by atoms with Gasteiger partial charge in [0, 0.05) is 6.42 Å². The minimum Gasteiger partial charge on any atom is -0.395 e. The van der Waals surface area contributed by atoms with Gasteiger partial charge in [0.2, 0.25) is 9.84 Å². The molecule has 0 unspecified atom stereocenters. The van der Waals surface area contributed by atoms with E-state index in [2.05, 4.69) is 10.1 Å². The highest BCUT2D eigenvalue weighted by atomic mass is 32.2. The molecule has 0 fully saturated rings. The number of nitrogens with zero attached hydrogens (tertiary/aromatic N) is 3. The number of hydrogen-bond donors (Lipinski definition) is 1. The van der Waals surface area contributed by atoms with E-state index in [0.717, 1.165) is 5.56 Å². The SMILES string of the molecule is O=S(=O)(CCO)c1nc2n(n1)[C@H](c1ccccc1)C[C@@H]2F. The van der Waals surface area contributed by atoms with Gasteiger partial charge >= 0.3 is 0 Å². The van der Waals surface area contributed by atoms with Crippen LogP contribution in [0, 0.1) is 0 Å². The summed E-state index contributed by atoms with van der Waals surface area (Å²) in [5, 5.41) is 12.3. The molecule has 0 aliphatic carbocycles. The van der Waals surface area contributed by atoms with Crippen molar-refractivity contribution in [1.82, 2.24) is 14.8 Å². The van der Waals surface area contributed by atoms with Crippen molar-refractivity contribution in [3.8, 4) is 0 Å². The molecule has 2 aromatic rings. The van der Waals surface area contributed by atoms with Crippen molar-refractivity contribution < 1.29 is 17.9 Å². The summed E-state index contributed by atoms with van der Waals surface area (Å²) in [5.41, 5.74) is 0.856. The van der Waals surface area contributed by atoms with Crippen LogP contribution in [0.5, 0.6) is 0 Å². The molecule has 112 valence electrons. The van der Waals surface area contributed by atoms with Crippen molar-refractivity contribution in [2.45, 2.75) is 23.8 Å². The van der Waals surface area contributed by atoms with E-state index in [1.165, 1.54) is 4.68 Å². The number of alkyl halides is 1. The maximum Gasteiger partial charge on any atom is 0.267 e. The minimum absolute atomic E-state index is 0.0281. The third kappa shape index (κ3) is 2.44. The fraction of sp³-hybridized carbons (Fsp3) is 0.385. The van der Waals surface area contributed by atoms with Gasteiger partial charge in [0.05, 0.1) is 18.4 Å². The van der Waals surface area contributed by atoms with E-state index in [1.54, 1.807) is 0 Å². The molecule has 6 nitrogen and oxygen atoms in total. The van der Waals surface area contributed by atoms with Crippen LogP contribution in [0.15, 0.2) is 35.5 Å². The number of benzene rings is 1. The molecule has 2 atom stereocenters. The predicted molar refractivity (Wildman–Crippen MR) is 72.2 cm³/mol. The highest BCUT2D eigenvalue weighted by Crippen LogP contribution is 2.39. The Morgan fingerprint density at radius 1 is 1.33 bits per heavy atom. The molecule has 1 aromatic carbocycles. The van der Waals surface area contributed by atoms with Crippen LogP contribution in [0.3, 0.4) is 0 Å². The lowest BCUT2D eigenvalue weighted by Crippen LogP contribution is -2.14. The van der Waals surface area contributed by atoms with Crippen LogP contribution in [0.25, 0.3) is 0 Å². The van der Waals surface area contributed by atoms with Crippen molar-refractivity contribution >= 4 is 9.84 Å². The fourth-order valence-electron chi connectivity index (χ4n) is 2.45. The lowest BCUT2D eigenvalue weighted by Gasteiger charge is -2.11. The standard InChI is InChI=1S/C13H14FN3O3S/c14-10-8-11(9-4-2-1-3-5-9)17-12(10)15-13(16-17)21(19,20)7-6-18/h1-5,10-11,18H,6-8H2/t10-,11-/m0/s1. The van der Waals surface area contributed by atoms with Crippen molar-refractivity contribution in [1.29, 1.82) is 0 Å². The first kappa shape index (κ1) is 14.2. The third-order valence-corrected chi connectivity index (χ3v) is 4.92. The van der Waals surface area contributed by atoms with E-state index in [9.17, 15) is 12.8 Å². The van der Waals surface area contributed by atoms with Gasteiger partial charge < -0.3 is 5.11 Å². The molecule has 21 heavy (non-hydrogen) atoms. The molecule has 0 saturated carbocycles. The predicted octanol–water partition coefficient (Wildman–Crippen LogP) is 1.05. The zero-order valence-corrected chi connectivity index (χ0v) is 11.9. The van der Waals surface area contributed by atoms with Crippen LogP contribution in [0.2, 0.25) is 0 Å². The molecule has 1 aromatic heterocycles. The van der Waals surface area contributed by atoms with E-state index < -0.39 is 33.5 Å². The summed E-state index contributed by atoms with van der Waals surface area (Å²) in [5.74, 6) is -0.441. The Morgan fingerprint density at radius 2 is 2.05 bits per heavy atom. The first-order valence-electron chi connectivity index (χ1n) is 6.52. The second-order valence-electron chi connectivity index (χ2n) is 4.87. The highest BCUT2D eigenvalue weighted by Gasteiger charge is 2.37. The summed E-state index contributed by atoms with van der Waals surface area (Å²) in [6.45, 7) is -0.520. The summed E-state index contributed by atoms with van der Waals surface area (Å²) in [4.78, 5) is 3.82. The first-order chi connectivity index (χ1) is 10.0. The molecule has 0 bridgehead atoms. The van der Waals surface area contributed by atoms with Gasteiger partial charge in [-0.15, -0.1) is 5.10 Å². The van der Waals surface area contributed by atoms with Gasteiger partial charge in [-0.3, -0.25) is 0 Å². The molecular formula is C13H14FN3O3S. The van der Waals surface area contributed by atoms with Crippen LogP contribution in [0.4, 0.5) is 4.39 Å². The number of aliphatic hydroxyl groups is 1. The topological polar surface area (TPSA) is 85.1 Å². The highest BCUT2D eigenvalue weighted by molar-refractivity contribution is 7.91. The summed E-state index contributed by atoms with van der Waals surface area (Å²) >= 11 is 0. The van der Waals surface area contributed by atoms with Gasteiger partial charge in [0.1, 0.15) is 0 Å². The molecule has 3 rings (SSSR count). The number of fused-ring (bicyclic) bond motifs is 1. The van der Waals surface area contributed by atoms with Gasteiger partial charge in [0.25, 0.3) is 5.16 Å². The molecule has 8 heteroatoms. The second-order valence-corrected chi connectivity index (χ2v) is 6.87. The average Bonchev–Trinajstić information content (AvgIpc) is 3.01. The zero-order chi connectivity index (χ0) is 15.0. The van der Waals surface area contributed by atoms with Gasteiger partial charge in [-0.1, -0.05) is 30.3 Å². The molecular weight excluding hydrogens is 297 g/mol. The van der Waals surface area contributed by atoms with Gasteiger partial charge in [0.15, 0.2) is 12.0 Å². The summed E-state index contributed by atoms with van der Waals surface area (Å²) < 4.78 is 39.1. The monoisotopic (exact) mass is 311 g/mol. The van der Waals surface area contributed by atoms with E-state index >= 15 is 0 Å². The number of hydrogen-bond acceptors (Lipinski definition) is 5. The van der Waals surface area contributed by atoms with Crippen LogP contribution >= 0.6 is 0 Å². The molecule has 0 saturated heterocycles. The van der Waals surface area contributed by atoms with E-state index in [4.69, 9.17) is 5.11 Å². The largest absolute Gasteiger partial charge is 0.395 e. The summed E-state index contributed by atoms with van der Waals surface area (Å²) in [7, 11) is -3.78. The van der Waals surface area contributed by atoms with Crippen LogP contribution < -0.4 is 0 Å².